The van der Waals surface area contributed by atoms with E-state index in [9.17, 15) is 5.11 Å². The Morgan fingerprint density at radius 3 is 2.90 bits per heavy atom. The van der Waals surface area contributed by atoms with Crippen LogP contribution in [0.25, 0.3) is 0 Å². The minimum Gasteiger partial charge on any atom is -0.387 e. The van der Waals surface area contributed by atoms with Crippen molar-refractivity contribution >= 4 is 0 Å². The number of benzene rings is 1. The van der Waals surface area contributed by atoms with Gasteiger partial charge in [-0.3, -0.25) is 4.90 Å². The molecule has 2 aromatic rings. The lowest BCUT2D eigenvalue weighted by Crippen LogP contribution is -2.28. The lowest BCUT2D eigenvalue weighted by molar-refractivity contribution is 0.104. The SMILES string of the molecule is Cc1cc([C@@H]2CCCN2C[C@@H](O)c2ccccc2)no1. The second-order valence-electron chi connectivity index (χ2n) is 5.44. The molecule has 0 aliphatic carbocycles. The molecule has 0 unspecified atom stereocenters. The van der Waals surface area contributed by atoms with Crippen molar-refractivity contribution in [2.45, 2.75) is 31.9 Å². The summed E-state index contributed by atoms with van der Waals surface area (Å²) in [7, 11) is 0. The number of β-amino-alcohol motifs (C(OH)–C–C–N with tert-alkyl or cyclic N) is 1. The third-order valence-electron chi connectivity index (χ3n) is 3.94. The fourth-order valence-corrected chi connectivity index (χ4v) is 2.93. The summed E-state index contributed by atoms with van der Waals surface area (Å²) in [6.45, 7) is 3.55. The molecule has 0 radical (unpaired) electrons. The fourth-order valence-electron chi connectivity index (χ4n) is 2.93. The molecule has 0 amide bonds. The summed E-state index contributed by atoms with van der Waals surface area (Å²) in [5.41, 5.74) is 1.95. The van der Waals surface area contributed by atoms with Crippen molar-refractivity contribution in [2.75, 3.05) is 13.1 Å². The Balaban J connectivity index is 1.70. The van der Waals surface area contributed by atoms with Crippen molar-refractivity contribution < 1.29 is 9.63 Å². The van der Waals surface area contributed by atoms with Crippen LogP contribution in [0.1, 0.15) is 42.0 Å². The van der Waals surface area contributed by atoms with Gasteiger partial charge in [-0.1, -0.05) is 35.5 Å². The highest BCUT2D eigenvalue weighted by molar-refractivity contribution is 5.18. The number of aryl methyl sites for hydroxylation is 1. The van der Waals surface area contributed by atoms with Crippen LogP contribution in [0.15, 0.2) is 40.9 Å². The van der Waals surface area contributed by atoms with E-state index in [1.807, 2.05) is 43.3 Å². The van der Waals surface area contributed by atoms with E-state index < -0.39 is 6.10 Å². The van der Waals surface area contributed by atoms with Crippen molar-refractivity contribution in [1.29, 1.82) is 0 Å². The van der Waals surface area contributed by atoms with Crippen LogP contribution >= 0.6 is 0 Å². The molecule has 1 fully saturated rings. The summed E-state index contributed by atoms with van der Waals surface area (Å²) in [5, 5.41) is 14.5. The summed E-state index contributed by atoms with van der Waals surface area (Å²) in [4.78, 5) is 2.30. The van der Waals surface area contributed by atoms with Gasteiger partial charge in [0.25, 0.3) is 0 Å². The van der Waals surface area contributed by atoms with E-state index in [0.717, 1.165) is 36.4 Å². The van der Waals surface area contributed by atoms with Crippen LogP contribution in [0, 0.1) is 6.92 Å². The highest BCUT2D eigenvalue weighted by Gasteiger charge is 2.29. The number of hydrogen-bond donors (Lipinski definition) is 1. The standard InChI is InChI=1S/C16H20N2O2/c1-12-10-14(17-20-12)15-8-5-9-18(15)11-16(19)13-6-3-2-4-7-13/h2-4,6-7,10,15-16,19H,5,8-9,11H2,1H3/t15-,16+/m0/s1. The average Bonchev–Trinajstić information content (AvgIpc) is 3.08. The third-order valence-corrected chi connectivity index (χ3v) is 3.94. The Morgan fingerprint density at radius 2 is 2.20 bits per heavy atom. The third kappa shape index (κ3) is 2.76. The first-order chi connectivity index (χ1) is 9.74. The molecule has 1 aromatic heterocycles. The topological polar surface area (TPSA) is 49.5 Å². The minimum absolute atomic E-state index is 0.269. The van der Waals surface area contributed by atoms with Gasteiger partial charge in [-0.05, 0) is 31.9 Å². The van der Waals surface area contributed by atoms with Gasteiger partial charge in [0.2, 0.25) is 0 Å². The van der Waals surface area contributed by atoms with Gasteiger partial charge in [0.15, 0.2) is 0 Å². The Kier molecular flexibility index (Phi) is 3.85. The van der Waals surface area contributed by atoms with Gasteiger partial charge < -0.3 is 9.63 Å². The predicted molar refractivity (Wildman–Crippen MR) is 76.2 cm³/mol. The molecule has 1 saturated heterocycles. The average molecular weight is 272 g/mol. The lowest BCUT2D eigenvalue weighted by Gasteiger charge is -2.25. The van der Waals surface area contributed by atoms with Crippen molar-refractivity contribution in [1.82, 2.24) is 10.1 Å². The molecule has 0 saturated carbocycles. The first-order valence-electron chi connectivity index (χ1n) is 7.14. The van der Waals surface area contributed by atoms with Crippen LogP contribution in [-0.2, 0) is 0 Å². The first kappa shape index (κ1) is 13.3. The second kappa shape index (κ2) is 5.77. The molecule has 20 heavy (non-hydrogen) atoms. The normalized spacial score (nSPS) is 21.2. The number of aliphatic hydroxyl groups excluding tert-OH is 1. The highest BCUT2D eigenvalue weighted by Crippen LogP contribution is 2.32. The second-order valence-corrected chi connectivity index (χ2v) is 5.44. The van der Waals surface area contributed by atoms with Gasteiger partial charge in [0.1, 0.15) is 11.5 Å². The van der Waals surface area contributed by atoms with Gasteiger partial charge in [-0.25, -0.2) is 0 Å². The van der Waals surface area contributed by atoms with Crippen molar-refractivity contribution in [2.24, 2.45) is 0 Å². The summed E-state index contributed by atoms with van der Waals surface area (Å²) >= 11 is 0. The number of likely N-dealkylation sites (tertiary alicyclic amines) is 1. The number of aromatic nitrogens is 1. The zero-order chi connectivity index (χ0) is 13.9. The van der Waals surface area contributed by atoms with Gasteiger partial charge in [0.05, 0.1) is 12.1 Å². The Bertz CT molecular complexity index is 553. The lowest BCUT2D eigenvalue weighted by atomic mass is 10.1. The number of rotatable bonds is 4. The summed E-state index contributed by atoms with van der Waals surface area (Å²) in [6, 6.07) is 12.1. The molecule has 2 atom stereocenters. The monoisotopic (exact) mass is 272 g/mol. The van der Waals surface area contributed by atoms with E-state index >= 15 is 0 Å². The van der Waals surface area contributed by atoms with Crippen LogP contribution in [0.2, 0.25) is 0 Å². The van der Waals surface area contributed by atoms with E-state index in [4.69, 9.17) is 4.52 Å². The summed E-state index contributed by atoms with van der Waals surface area (Å²) < 4.78 is 5.18. The first-order valence-corrected chi connectivity index (χ1v) is 7.14. The van der Waals surface area contributed by atoms with Crippen molar-refractivity contribution in [3.63, 3.8) is 0 Å². The molecular formula is C16H20N2O2. The van der Waals surface area contributed by atoms with Gasteiger partial charge >= 0.3 is 0 Å². The number of hydrogen-bond acceptors (Lipinski definition) is 4. The van der Waals surface area contributed by atoms with Crippen molar-refractivity contribution in [3.05, 3.63) is 53.4 Å². The van der Waals surface area contributed by atoms with E-state index in [0.29, 0.717) is 6.54 Å². The molecule has 4 heteroatoms. The molecule has 1 aromatic carbocycles. The largest absolute Gasteiger partial charge is 0.387 e. The number of aliphatic hydroxyl groups is 1. The van der Waals surface area contributed by atoms with Crippen LogP contribution in [0.4, 0.5) is 0 Å². The van der Waals surface area contributed by atoms with Crippen LogP contribution in [0.3, 0.4) is 0 Å². The van der Waals surface area contributed by atoms with Gasteiger partial charge in [-0.15, -0.1) is 0 Å². The van der Waals surface area contributed by atoms with E-state index in [2.05, 4.69) is 10.1 Å². The summed E-state index contributed by atoms with van der Waals surface area (Å²) in [5.74, 6) is 0.843. The van der Waals surface area contributed by atoms with E-state index in [-0.39, 0.29) is 6.04 Å². The quantitative estimate of drug-likeness (QED) is 0.929. The molecule has 4 nitrogen and oxygen atoms in total. The molecule has 3 rings (SSSR count). The van der Waals surface area contributed by atoms with Crippen molar-refractivity contribution in [3.8, 4) is 0 Å². The van der Waals surface area contributed by atoms with Crippen LogP contribution < -0.4 is 0 Å². The molecule has 106 valence electrons. The van der Waals surface area contributed by atoms with Gasteiger partial charge in [0, 0.05) is 12.6 Å². The van der Waals surface area contributed by atoms with E-state index in [1.54, 1.807) is 0 Å². The predicted octanol–water partition coefficient (Wildman–Crippen LogP) is 2.85. The fraction of sp³-hybridized carbons (Fsp3) is 0.438. The molecular weight excluding hydrogens is 252 g/mol. The maximum absolute atomic E-state index is 10.4. The Hall–Kier alpha value is -1.65. The zero-order valence-electron chi connectivity index (χ0n) is 11.7. The maximum Gasteiger partial charge on any atom is 0.133 e. The molecule has 0 bridgehead atoms. The molecule has 1 N–H and O–H groups in total. The smallest absolute Gasteiger partial charge is 0.133 e. The van der Waals surface area contributed by atoms with Crippen LogP contribution in [-0.4, -0.2) is 28.3 Å². The highest BCUT2D eigenvalue weighted by atomic mass is 16.5. The minimum atomic E-state index is -0.454. The van der Waals surface area contributed by atoms with E-state index in [1.165, 1.54) is 0 Å². The van der Waals surface area contributed by atoms with Gasteiger partial charge in [-0.2, -0.15) is 0 Å². The Labute approximate surface area is 119 Å². The molecule has 2 heterocycles. The molecule has 1 aliphatic heterocycles. The molecule has 1 aliphatic rings. The maximum atomic E-state index is 10.4. The molecule has 0 spiro atoms. The van der Waals surface area contributed by atoms with Crippen LogP contribution in [0.5, 0.6) is 0 Å². The Morgan fingerprint density at radius 1 is 1.40 bits per heavy atom. The zero-order valence-corrected chi connectivity index (χ0v) is 11.7. The summed E-state index contributed by atoms with van der Waals surface area (Å²) in [6.07, 6.45) is 1.76. The number of nitrogens with zero attached hydrogens (tertiary/aromatic N) is 2.